The summed E-state index contributed by atoms with van der Waals surface area (Å²) < 4.78 is 0. The van der Waals surface area contributed by atoms with Gasteiger partial charge in [0.2, 0.25) is 0 Å². The van der Waals surface area contributed by atoms with E-state index in [1.807, 2.05) is 0 Å². The molecule has 12 nitrogen and oxygen atoms in total. The summed E-state index contributed by atoms with van der Waals surface area (Å²) in [6, 6.07) is -4.45. The lowest BCUT2D eigenvalue weighted by Crippen LogP contribution is -2.85. The van der Waals surface area contributed by atoms with Crippen LogP contribution in [0.4, 0.5) is 0 Å². The molecule has 0 aromatic heterocycles. The third kappa shape index (κ3) is 5.36. The lowest BCUT2D eigenvalue weighted by Gasteiger charge is -2.30. The number of carbonyl (C=O) groups is 4. The van der Waals surface area contributed by atoms with E-state index >= 15 is 0 Å². The molecular weight excluding hydrogens is 352 g/mol. The zero-order valence-electron chi connectivity index (χ0n) is 14.9. The normalized spacial score (nSPS) is 20.7. The van der Waals surface area contributed by atoms with Gasteiger partial charge in [0.05, 0.1) is 0 Å². The zero-order chi connectivity index (χ0) is 20.9. The van der Waals surface area contributed by atoms with Gasteiger partial charge >= 0.3 is 23.9 Å². The number of carboxylic acids is 4. The van der Waals surface area contributed by atoms with Crippen LogP contribution in [0, 0.1) is 23.7 Å². The number of rotatable bonds is 11. The van der Waals surface area contributed by atoms with Gasteiger partial charge in [0.25, 0.3) is 0 Å². The summed E-state index contributed by atoms with van der Waals surface area (Å²) in [6.07, 6.45) is 0. The molecule has 8 unspecified atom stereocenters. The second kappa shape index (κ2) is 9.43. The van der Waals surface area contributed by atoms with Crippen molar-refractivity contribution in [1.82, 2.24) is 0 Å². The van der Waals surface area contributed by atoms with Gasteiger partial charge in [-0.15, -0.1) is 0 Å². The number of quaternary nitrogens is 4. The van der Waals surface area contributed by atoms with Crippen LogP contribution in [0.1, 0.15) is 13.8 Å². The fraction of sp³-hybridized carbons (Fsp3) is 0.714. The van der Waals surface area contributed by atoms with E-state index < -0.39 is 71.7 Å². The minimum atomic E-state index is -1.54. The molecule has 0 bridgehead atoms. The van der Waals surface area contributed by atoms with E-state index in [9.17, 15) is 34.5 Å². The SMILES string of the molecule is CC([NH3+])C(C(=O)O)C([NH3+])C(C(=O)O)C([NH3+])C(C(=O)O)C([NH3+])C(C)C(=O)O. The minimum Gasteiger partial charge on any atom is -0.481 e. The Hall–Kier alpha value is -2.28. The second-order valence-corrected chi connectivity index (χ2v) is 6.69. The third-order valence-corrected chi connectivity index (χ3v) is 4.81. The van der Waals surface area contributed by atoms with Gasteiger partial charge in [0, 0.05) is 0 Å². The Kier molecular flexibility index (Phi) is 8.60. The molecule has 0 amide bonds. The highest BCUT2D eigenvalue weighted by molar-refractivity contribution is 5.79. The largest absolute Gasteiger partial charge is 0.481 e. The Bertz CT molecular complexity index is 555. The monoisotopic (exact) mass is 382 g/mol. The number of hydrogen-bond donors (Lipinski definition) is 8. The Morgan fingerprint density at radius 3 is 1.15 bits per heavy atom. The van der Waals surface area contributed by atoms with Gasteiger partial charge in [-0.1, -0.05) is 0 Å². The zero-order valence-corrected chi connectivity index (χ0v) is 14.9. The van der Waals surface area contributed by atoms with Crippen LogP contribution in [0.2, 0.25) is 0 Å². The highest BCUT2D eigenvalue weighted by Gasteiger charge is 2.53. The van der Waals surface area contributed by atoms with Gasteiger partial charge in [0.15, 0.2) is 17.8 Å². The van der Waals surface area contributed by atoms with Crippen LogP contribution >= 0.6 is 0 Å². The summed E-state index contributed by atoms with van der Waals surface area (Å²) in [5.74, 6) is -11.0. The summed E-state index contributed by atoms with van der Waals surface area (Å²) in [5, 5.41) is 37.5. The minimum absolute atomic E-state index is 0.694. The van der Waals surface area contributed by atoms with Crippen molar-refractivity contribution in [3.8, 4) is 0 Å². The van der Waals surface area contributed by atoms with Crippen molar-refractivity contribution in [2.24, 2.45) is 23.7 Å². The van der Waals surface area contributed by atoms with Crippen molar-refractivity contribution in [2.45, 2.75) is 38.0 Å². The van der Waals surface area contributed by atoms with Gasteiger partial charge in [0.1, 0.15) is 30.1 Å². The topological polar surface area (TPSA) is 260 Å². The van der Waals surface area contributed by atoms with E-state index in [4.69, 9.17) is 5.11 Å². The van der Waals surface area contributed by atoms with Crippen LogP contribution in [-0.4, -0.2) is 68.5 Å². The van der Waals surface area contributed by atoms with Crippen molar-refractivity contribution >= 4 is 23.9 Å². The molecule has 0 saturated carbocycles. The van der Waals surface area contributed by atoms with E-state index in [1.54, 1.807) is 0 Å². The fourth-order valence-electron chi connectivity index (χ4n) is 3.16. The molecule has 0 aliphatic heterocycles. The van der Waals surface area contributed by atoms with Crippen LogP contribution in [0.15, 0.2) is 0 Å². The summed E-state index contributed by atoms with van der Waals surface area (Å²) in [4.78, 5) is 46.1. The third-order valence-electron chi connectivity index (χ3n) is 4.81. The van der Waals surface area contributed by atoms with Gasteiger partial charge in [-0.2, -0.15) is 0 Å². The molecule has 12 heteroatoms. The molecule has 0 aliphatic carbocycles. The second-order valence-electron chi connectivity index (χ2n) is 6.69. The summed E-state index contributed by atoms with van der Waals surface area (Å²) in [6.45, 7) is 2.75. The van der Waals surface area contributed by atoms with E-state index in [1.165, 1.54) is 13.8 Å². The van der Waals surface area contributed by atoms with Crippen molar-refractivity contribution in [2.75, 3.05) is 0 Å². The number of carboxylic acid groups (broad SMARTS) is 4. The Balaban J connectivity index is 5.96. The first-order chi connectivity index (χ1) is 11.7. The summed E-state index contributed by atoms with van der Waals surface area (Å²) in [7, 11) is 0. The Morgan fingerprint density at radius 1 is 0.577 bits per heavy atom. The first kappa shape index (κ1) is 23.7. The Labute approximate surface area is 149 Å². The molecule has 0 aromatic rings. The van der Waals surface area contributed by atoms with Crippen LogP contribution < -0.4 is 22.9 Å². The molecule has 0 aliphatic rings. The van der Waals surface area contributed by atoms with Crippen LogP contribution in [-0.2, 0) is 19.2 Å². The molecule has 26 heavy (non-hydrogen) atoms. The molecule has 8 atom stereocenters. The molecule has 16 N–H and O–H groups in total. The fourth-order valence-corrected chi connectivity index (χ4v) is 3.16. The van der Waals surface area contributed by atoms with Crippen LogP contribution in [0.25, 0.3) is 0 Å². The van der Waals surface area contributed by atoms with E-state index in [0.717, 1.165) is 0 Å². The van der Waals surface area contributed by atoms with Crippen molar-refractivity contribution in [3.05, 3.63) is 0 Å². The van der Waals surface area contributed by atoms with E-state index in [0.29, 0.717) is 0 Å². The maximum Gasteiger partial charge on any atom is 0.318 e. The molecular formula is C14H30N4O8+4. The average molecular weight is 382 g/mol. The molecule has 0 heterocycles. The molecule has 150 valence electrons. The van der Waals surface area contributed by atoms with Crippen molar-refractivity contribution in [1.29, 1.82) is 0 Å². The molecule has 0 fully saturated rings. The van der Waals surface area contributed by atoms with Gasteiger partial charge < -0.3 is 43.4 Å². The van der Waals surface area contributed by atoms with E-state index in [-0.39, 0.29) is 0 Å². The Morgan fingerprint density at radius 2 is 0.885 bits per heavy atom. The number of aliphatic carboxylic acids is 4. The highest BCUT2D eigenvalue weighted by Crippen LogP contribution is 2.23. The standard InChI is InChI=1S/C14H26N4O8/c1-3(11(19)20)8(16)6(13(23)24)10(18)7(14(25)26)9(17)5(4(2)15)12(21)22/h3-10H,15-18H2,1-2H3,(H,19,20)(H,21,22)(H,23,24)(H,25,26)/p+4. The van der Waals surface area contributed by atoms with Crippen LogP contribution in [0.3, 0.4) is 0 Å². The molecule has 0 rings (SSSR count). The predicted octanol–water partition coefficient (Wildman–Crippen LogP) is -5.73. The van der Waals surface area contributed by atoms with Crippen LogP contribution in [0.5, 0.6) is 0 Å². The maximum atomic E-state index is 11.8. The molecule has 0 spiro atoms. The average Bonchev–Trinajstić information content (AvgIpc) is 2.44. The number of hydrogen-bond acceptors (Lipinski definition) is 4. The smallest absolute Gasteiger partial charge is 0.318 e. The lowest BCUT2D eigenvalue weighted by molar-refractivity contribution is -0.521. The van der Waals surface area contributed by atoms with Gasteiger partial charge in [-0.05, 0) is 13.8 Å². The first-order valence-electron chi connectivity index (χ1n) is 7.99. The quantitative estimate of drug-likeness (QED) is 0.170. The lowest BCUT2D eigenvalue weighted by atomic mass is 9.73. The molecule has 0 saturated heterocycles. The predicted molar refractivity (Wildman–Crippen MR) is 82.6 cm³/mol. The van der Waals surface area contributed by atoms with Gasteiger partial charge in [-0.25, -0.2) is 0 Å². The summed E-state index contributed by atoms with van der Waals surface area (Å²) in [5.41, 5.74) is 14.4. The maximum absolute atomic E-state index is 11.8. The summed E-state index contributed by atoms with van der Waals surface area (Å²) >= 11 is 0. The van der Waals surface area contributed by atoms with Crippen molar-refractivity contribution < 1.29 is 62.5 Å². The van der Waals surface area contributed by atoms with Crippen molar-refractivity contribution in [3.63, 3.8) is 0 Å². The highest BCUT2D eigenvalue weighted by atomic mass is 16.4. The molecule has 0 aromatic carbocycles. The van der Waals surface area contributed by atoms with Gasteiger partial charge in [-0.3, -0.25) is 19.2 Å². The molecule has 0 radical (unpaired) electrons. The van der Waals surface area contributed by atoms with E-state index in [2.05, 4.69) is 22.9 Å². The first-order valence-corrected chi connectivity index (χ1v) is 7.99.